The summed E-state index contributed by atoms with van der Waals surface area (Å²) >= 11 is 0. The van der Waals surface area contributed by atoms with Crippen LogP contribution in [-0.4, -0.2) is 20.2 Å². The smallest absolute Gasteiger partial charge is 0.341 e. The number of allylic oxidation sites excluding steroid dienone is 1. The van der Waals surface area contributed by atoms with Gasteiger partial charge in [0.1, 0.15) is 11.3 Å². The minimum Gasteiger partial charge on any atom is -0.496 e. The molecule has 0 heterocycles. The van der Waals surface area contributed by atoms with Gasteiger partial charge in [0.2, 0.25) is 0 Å². The van der Waals surface area contributed by atoms with Crippen LogP contribution in [0.2, 0.25) is 0 Å². The molecule has 0 aliphatic carbocycles. The van der Waals surface area contributed by atoms with Gasteiger partial charge in [0.25, 0.3) is 0 Å². The van der Waals surface area contributed by atoms with Crippen molar-refractivity contribution in [1.29, 1.82) is 0 Å². The highest BCUT2D eigenvalue weighted by Gasteiger charge is 2.14. The Labute approximate surface area is 101 Å². The van der Waals surface area contributed by atoms with Crippen molar-refractivity contribution in [2.75, 3.05) is 14.2 Å². The molecule has 0 spiro atoms. The Bertz CT molecular complexity index is 459. The minimum absolute atomic E-state index is 0.401. The molecule has 0 aromatic heterocycles. The largest absolute Gasteiger partial charge is 0.496 e. The van der Waals surface area contributed by atoms with E-state index >= 15 is 0 Å². The van der Waals surface area contributed by atoms with Crippen molar-refractivity contribution in [3.63, 3.8) is 0 Å². The van der Waals surface area contributed by atoms with Crippen molar-refractivity contribution in [3.8, 4) is 5.75 Å². The van der Waals surface area contributed by atoms with E-state index in [0.717, 1.165) is 11.1 Å². The number of carbonyl (C=O) groups excluding carboxylic acids is 1. The van der Waals surface area contributed by atoms with E-state index in [1.807, 2.05) is 19.1 Å². The van der Waals surface area contributed by atoms with Gasteiger partial charge in [-0.25, -0.2) is 4.79 Å². The predicted molar refractivity (Wildman–Crippen MR) is 69.1 cm³/mol. The lowest BCUT2D eigenvalue weighted by Crippen LogP contribution is -2.05. The zero-order chi connectivity index (χ0) is 12.8. The maximum absolute atomic E-state index is 11.6. The topological polar surface area (TPSA) is 35.5 Å². The average molecular weight is 232 g/mol. The molecular formula is C14H16O3. The van der Waals surface area contributed by atoms with Gasteiger partial charge in [-0.3, -0.25) is 0 Å². The molecule has 0 N–H and O–H groups in total. The second-order valence-electron chi connectivity index (χ2n) is 3.38. The van der Waals surface area contributed by atoms with E-state index in [0.29, 0.717) is 11.3 Å². The number of benzene rings is 1. The van der Waals surface area contributed by atoms with Gasteiger partial charge in [0, 0.05) is 0 Å². The van der Waals surface area contributed by atoms with Crippen molar-refractivity contribution in [3.05, 3.63) is 41.5 Å². The van der Waals surface area contributed by atoms with E-state index in [-0.39, 0.29) is 0 Å². The SMILES string of the molecule is C=Cc1cc(C(=O)OC)c(OC)cc1/C=C\C. The van der Waals surface area contributed by atoms with Crippen LogP contribution in [0, 0.1) is 0 Å². The number of methoxy groups -OCH3 is 2. The van der Waals surface area contributed by atoms with Crippen LogP contribution in [0.4, 0.5) is 0 Å². The van der Waals surface area contributed by atoms with Crippen LogP contribution in [-0.2, 0) is 4.74 Å². The van der Waals surface area contributed by atoms with Crippen LogP contribution in [0.15, 0.2) is 24.8 Å². The summed E-state index contributed by atoms with van der Waals surface area (Å²) < 4.78 is 9.89. The normalized spacial score (nSPS) is 10.3. The second kappa shape index (κ2) is 5.89. The Kier molecular flexibility index (Phi) is 4.52. The maximum Gasteiger partial charge on any atom is 0.341 e. The van der Waals surface area contributed by atoms with E-state index in [9.17, 15) is 4.79 Å². The van der Waals surface area contributed by atoms with Crippen molar-refractivity contribution in [2.24, 2.45) is 0 Å². The molecule has 17 heavy (non-hydrogen) atoms. The Hall–Kier alpha value is -2.03. The molecule has 3 heteroatoms. The number of esters is 1. The Morgan fingerprint density at radius 2 is 2.00 bits per heavy atom. The number of carbonyl (C=O) groups is 1. The summed E-state index contributed by atoms with van der Waals surface area (Å²) in [5.74, 6) is 0.0764. The molecule has 0 saturated carbocycles. The van der Waals surface area contributed by atoms with E-state index < -0.39 is 5.97 Å². The first kappa shape index (κ1) is 13.0. The summed E-state index contributed by atoms with van der Waals surface area (Å²) in [6, 6.07) is 3.51. The van der Waals surface area contributed by atoms with Gasteiger partial charge in [0.05, 0.1) is 14.2 Å². The van der Waals surface area contributed by atoms with Gasteiger partial charge in [-0.1, -0.05) is 24.8 Å². The second-order valence-corrected chi connectivity index (χ2v) is 3.38. The first-order chi connectivity index (χ1) is 8.17. The molecule has 0 aliphatic rings. The number of hydrogen-bond donors (Lipinski definition) is 0. The lowest BCUT2D eigenvalue weighted by molar-refractivity contribution is 0.0597. The summed E-state index contributed by atoms with van der Waals surface area (Å²) in [6.07, 6.45) is 5.54. The number of hydrogen-bond acceptors (Lipinski definition) is 3. The van der Waals surface area contributed by atoms with Crippen molar-refractivity contribution < 1.29 is 14.3 Å². The van der Waals surface area contributed by atoms with Crippen LogP contribution in [0.25, 0.3) is 12.2 Å². The molecule has 3 nitrogen and oxygen atoms in total. The van der Waals surface area contributed by atoms with E-state index in [4.69, 9.17) is 9.47 Å². The predicted octanol–water partition coefficient (Wildman–Crippen LogP) is 3.16. The molecule has 1 rings (SSSR count). The minimum atomic E-state index is -0.419. The molecular weight excluding hydrogens is 216 g/mol. The zero-order valence-corrected chi connectivity index (χ0v) is 10.3. The summed E-state index contributed by atoms with van der Waals surface area (Å²) in [4.78, 5) is 11.6. The molecule has 1 aromatic rings. The molecule has 0 bridgehead atoms. The van der Waals surface area contributed by atoms with Gasteiger partial charge < -0.3 is 9.47 Å². The molecule has 0 aliphatic heterocycles. The number of rotatable bonds is 4. The summed E-state index contributed by atoms with van der Waals surface area (Å²) in [5.41, 5.74) is 2.22. The highest BCUT2D eigenvalue weighted by molar-refractivity contribution is 5.94. The van der Waals surface area contributed by atoms with Gasteiger partial charge in [-0.05, 0) is 30.2 Å². The van der Waals surface area contributed by atoms with Crippen LogP contribution in [0.5, 0.6) is 5.75 Å². The van der Waals surface area contributed by atoms with Gasteiger partial charge in [-0.15, -0.1) is 0 Å². The third-order valence-corrected chi connectivity index (χ3v) is 2.38. The lowest BCUT2D eigenvalue weighted by atomic mass is 10.0. The first-order valence-corrected chi connectivity index (χ1v) is 5.23. The van der Waals surface area contributed by atoms with Crippen molar-refractivity contribution in [1.82, 2.24) is 0 Å². The van der Waals surface area contributed by atoms with Crippen LogP contribution in [0.1, 0.15) is 28.4 Å². The molecule has 0 atom stereocenters. The fraction of sp³-hybridized carbons (Fsp3) is 0.214. The highest BCUT2D eigenvalue weighted by atomic mass is 16.5. The first-order valence-electron chi connectivity index (χ1n) is 5.23. The van der Waals surface area contributed by atoms with E-state index in [1.165, 1.54) is 14.2 Å². The van der Waals surface area contributed by atoms with Crippen LogP contribution in [0.3, 0.4) is 0 Å². The van der Waals surface area contributed by atoms with Gasteiger partial charge in [0.15, 0.2) is 0 Å². The molecule has 0 fully saturated rings. The molecule has 0 radical (unpaired) electrons. The fourth-order valence-corrected chi connectivity index (χ4v) is 1.55. The third-order valence-electron chi connectivity index (χ3n) is 2.38. The highest BCUT2D eigenvalue weighted by Crippen LogP contribution is 2.26. The molecule has 0 saturated heterocycles. The van der Waals surface area contributed by atoms with E-state index in [2.05, 4.69) is 6.58 Å². The van der Waals surface area contributed by atoms with E-state index in [1.54, 1.807) is 18.2 Å². The molecule has 0 unspecified atom stereocenters. The zero-order valence-electron chi connectivity index (χ0n) is 10.3. The fourth-order valence-electron chi connectivity index (χ4n) is 1.55. The maximum atomic E-state index is 11.6. The Morgan fingerprint density at radius 1 is 1.29 bits per heavy atom. The van der Waals surface area contributed by atoms with Crippen LogP contribution < -0.4 is 4.74 Å². The monoisotopic (exact) mass is 232 g/mol. The standard InChI is InChI=1S/C14H16O3/c1-5-7-11-9-13(16-3)12(14(15)17-4)8-10(11)6-2/h5-9H,2H2,1,3-4H3/b7-5-. The van der Waals surface area contributed by atoms with Crippen molar-refractivity contribution >= 4 is 18.1 Å². The van der Waals surface area contributed by atoms with Crippen LogP contribution >= 0.6 is 0 Å². The van der Waals surface area contributed by atoms with Gasteiger partial charge in [-0.2, -0.15) is 0 Å². The molecule has 1 aromatic carbocycles. The molecule has 90 valence electrons. The molecule has 0 amide bonds. The number of ether oxygens (including phenoxy) is 2. The quantitative estimate of drug-likeness (QED) is 0.748. The lowest BCUT2D eigenvalue weighted by Gasteiger charge is -2.10. The summed E-state index contributed by atoms with van der Waals surface area (Å²) in [6.45, 7) is 5.65. The Balaban J connectivity index is 3.42. The Morgan fingerprint density at radius 3 is 2.47 bits per heavy atom. The van der Waals surface area contributed by atoms with Crippen molar-refractivity contribution in [2.45, 2.75) is 6.92 Å². The van der Waals surface area contributed by atoms with Gasteiger partial charge >= 0.3 is 5.97 Å². The summed E-state index contributed by atoms with van der Waals surface area (Å²) in [5, 5.41) is 0. The average Bonchev–Trinajstić information content (AvgIpc) is 2.37. The third kappa shape index (κ3) is 2.75. The summed E-state index contributed by atoms with van der Waals surface area (Å²) in [7, 11) is 2.87.